The van der Waals surface area contributed by atoms with E-state index >= 15 is 0 Å². The van der Waals surface area contributed by atoms with Gasteiger partial charge in [0.15, 0.2) is 0 Å². The molecule has 1 aliphatic heterocycles. The van der Waals surface area contributed by atoms with Crippen LogP contribution in [0.25, 0.3) is 54.9 Å². The van der Waals surface area contributed by atoms with Crippen LogP contribution in [0, 0.1) is 0 Å². The summed E-state index contributed by atoms with van der Waals surface area (Å²) in [5.41, 5.74) is 14.1. The predicted molar refractivity (Wildman–Crippen MR) is 252 cm³/mol. The van der Waals surface area contributed by atoms with Gasteiger partial charge in [-0.15, -0.1) is 0 Å². The normalized spacial score (nSPS) is 15.5. The molecule has 0 saturated carbocycles. The van der Waals surface area contributed by atoms with Crippen molar-refractivity contribution in [3.63, 3.8) is 0 Å². The van der Waals surface area contributed by atoms with Gasteiger partial charge in [0.05, 0.1) is 0 Å². The van der Waals surface area contributed by atoms with E-state index in [4.69, 9.17) is 9.05 Å². The Balaban J connectivity index is 1.74. The van der Waals surface area contributed by atoms with E-state index in [-0.39, 0.29) is 23.7 Å². The first-order valence-corrected chi connectivity index (χ1v) is 23.7. The van der Waals surface area contributed by atoms with Gasteiger partial charge in [-0.2, -0.15) is 0 Å². The number of fused-ring (bicyclic) bond motifs is 7. The molecule has 0 saturated heterocycles. The Morgan fingerprint density at radius 1 is 0.508 bits per heavy atom. The van der Waals surface area contributed by atoms with Crippen LogP contribution in [0.3, 0.4) is 0 Å². The lowest BCUT2D eigenvalue weighted by Gasteiger charge is -2.26. The van der Waals surface area contributed by atoms with Gasteiger partial charge in [-0.05, 0) is 132 Å². The molecule has 310 valence electrons. The SMILES string of the molecule is CCCCc1ccc2c3c(c(-c4c(C(C)C)cc(C(C)C)cc4C(C)C)cc2c1)OP(=O)(O)Oc1c(-c2c(C(C)C)cc(C(C)C)cc2C(C)C)cc2ccccc2c1-3. The van der Waals surface area contributed by atoms with Crippen LogP contribution in [0.4, 0.5) is 0 Å². The molecule has 1 unspecified atom stereocenters. The van der Waals surface area contributed by atoms with Gasteiger partial charge >= 0.3 is 7.82 Å². The van der Waals surface area contributed by atoms with Crippen molar-refractivity contribution in [1.82, 2.24) is 0 Å². The fraction of sp³-hybridized carbons (Fsp3) is 0.407. The summed E-state index contributed by atoms with van der Waals surface area (Å²) < 4.78 is 28.0. The average Bonchev–Trinajstić information content (AvgIpc) is 3.31. The van der Waals surface area contributed by atoms with Gasteiger partial charge in [-0.25, -0.2) is 4.57 Å². The van der Waals surface area contributed by atoms with Gasteiger partial charge in [0.25, 0.3) is 0 Å². The molecule has 0 aromatic heterocycles. The maximum atomic E-state index is 14.9. The molecule has 0 amide bonds. The Morgan fingerprint density at radius 2 is 0.932 bits per heavy atom. The van der Waals surface area contributed by atoms with Crippen LogP contribution in [-0.2, 0) is 11.0 Å². The van der Waals surface area contributed by atoms with E-state index in [1.165, 1.54) is 38.9 Å². The highest BCUT2D eigenvalue weighted by molar-refractivity contribution is 7.48. The molecule has 1 heterocycles. The average molecular weight is 809 g/mol. The van der Waals surface area contributed by atoms with E-state index in [1.807, 2.05) is 0 Å². The molecule has 1 atom stereocenters. The summed E-state index contributed by atoms with van der Waals surface area (Å²) in [7, 11) is -4.78. The first kappa shape index (κ1) is 42.7. The summed E-state index contributed by atoms with van der Waals surface area (Å²) in [5, 5.41) is 4.03. The molecular formula is C54H65O4P. The second-order valence-corrected chi connectivity index (χ2v) is 20.2. The van der Waals surface area contributed by atoms with Crippen molar-refractivity contribution in [3.05, 3.63) is 118 Å². The maximum Gasteiger partial charge on any atom is 0.584 e. The van der Waals surface area contributed by atoms with Gasteiger partial charge in [-0.1, -0.05) is 163 Å². The molecule has 0 aliphatic carbocycles. The smallest absolute Gasteiger partial charge is 0.394 e. The molecular weight excluding hydrogens is 744 g/mol. The number of hydrogen-bond donors (Lipinski definition) is 1. The number of aryl methyl sites for hydroxylation is 1. The van der Waals surface area contributed by atoms with E-state index in [9.17, 15) is 9.46 Å². The molecule has 1 N–H and O–H groups in total. The molecule has 0 bridgehead atoms. The topological polar surface area (TPSA) is 55.8 Å². The highest BCUT2D eigenvalue weighted by Crippen LogP contribution is 2.63. The maximum absolute atomic E-state index is 14.9. The van der Waals surface area contributed by atoms with E-state index in [0.29, 0.717) is 23.3 Å². The van der Waals surface area contributed by atoms with Crippen LogP contribution in [-0.4, -0.2) is 4.89 Å². The molecule has 0 radical (unpaired) electrons. The van der Waals surface area contributed by atoms with Crippen LogP contribution >= 0.6 is 7.82 Å². The van der Waals surface area contributed by atoms with Gasteiger partial charge in [0.2, 0.25) is 0 Å². The summed E-state index contributed by atoms with van der Waals surface area (Å²) >= 11 is 0. The molecule has 0 fully saturated rings. The summed E-state index contributed by atoms with van der Waals surface area (Å²) in [4.78, 5) is 12.1. The molecule has 7 rings (SSSR count). The standard InChI is InChI=1S/C54H65O4P/c1-14-15-18-36-21-22-42-40(23-36)29-48(50-45(34(10)11)27-39(31(4)5)28-46(50)35(12)13)54-52(42)51-41-20-17-16-19-37(41)24-47(53(51)57-59(55,56)58-54)49-43(32(6)7)25-38(30(2)3)26-44(49)33(8)9/h16-17,19-35H,14-15,18H2,1-13H3,(H,55,56). The summed E-state index contributed by atoms with van der Waals surface area (Å²) in [6.45, 7) is 29.1. The number of phosphoric acid groups is 1. The van der Waals surface area contributed by atoms with E-state index in [2.05, 4.69) is 169 Å². The zero-order valence-corrected chi connectivity index (χ0v) is 38.6. The predicted octanol–water partition coefficient (Wildman–Crippen LogP) is 16.9. The molecule has 5 heteroatoms. The van der Waals surface area contributed by atoms with Gasteiger partial charge in [0.1, 0.15) is 11.5 Å². The van der Waals surface area contributed by atoms with Crippen LogP contribution in [0.15, 0.2) is 78.9 Å². The fourth-order valence-electron chi connectivity index (χ4n) is 9.14. The number of phosphoric ester groups is 1. The third-order valence-electron chi connectivity index (χ3n) is 12.4. The minimum atomic E-state index is -4.78. The Morgan fingerprint density at radius 3 is 1.36 bits per heavy atom. The summed E-state index contributed by atoms with van der Waals surface area (Å²) in [6.07, 6.45) is 3.19. The molecule has 59 heavy (non-hydrogen) atoms. The monoisotopic (exact) mass is 808 g/mol. The minimum absolute atomic E-state index is 0.184. The summed E-state index contributed by atoms with van der Waals surface area (Å²) in [5.74, 6) is 2.22. The van der Waals surface area contributed by atoms with Crippen LogP contribution in [0.2, 0.25) is 0 Å². The Hall–Kier alpha value is -4.37. The molecule has 0 spiro atoms. The van der Waals surface area contributed by atoms with Crippen molar-refractivity contribution in [2.75, 3.05) is 0 Å². The Labute approximate surface area is 354 Å². The second-order valence-electron chi connectivity index (χ2n) is 18.9. The van der Waals surface area contributed by atoms with E-state index in [0.717, 1.165) is 74.2 Å². The number of unbranched alkanes of at least 4 members (excludes halogenated alkanes) is 1. The van der Waals surface area contributed by atoms with Crippen LogP contribution in [0.1, 0.15) is 177 Å². The highest BCUT2D eigenvalue weighted by atomic mass is 31.2. The Kier molecular flexibility index (Phi) is 12.0. The second kappa shape index (κ2) is 16.6. The lowest BCUT2D eigenvalue weighted by molar-refractivity contribution is 0.295. The first-order chi connectivity index (χ1) is 27.9. The van der Waals surface area contributed by atoms with Crippen molar-refractivity contribution in [2.45, 2.75) is 145 Å². The van der Waals surface area contributed by atoms with E-state index in [1.54, 1.807) is 0 Å². The number of benzene rings is 6. The quantitative estimate of drug-likeness (QED) is 0.132. The van der Waals surface area contributed by atoms with Crippen molar-refractivity contribution in [3.8, 4) is 44.9 Å². The molecule has 1 aliphatic rings. The minimum Gasteiger partial charge on any atom is -0.394 e. The lowest BCUT2D eigenvalue weighted by Crippen LogP contribution is -2.06. The van der Waals surface area contributed by atoms with Crippen molar-refractivity contribution in [2.24, 2.45) is 0 Å². The molecule has 6 aromatic rings. The van der Waals surface area contributed by atoms with Gasteiger partial charge < -0.3 is 9.05 Å². The Bertz CT molecular complexity index is 2550. The summed E-state index contributed by atoms with van der Waals surface area (Å²) in [6, 6.07) is 28.9. The zero-order valence-electron chi connectivity index (χ0n) is 37.7. The molecule has 6 aromatic carbocycles. The van der Waals surface area contributed by atoms with E-state index < -0.39 is 7.82 Å². The highest BCUT2D eigenvalue weighted by Gasteiger charge is 2.39. The first-order valence-electron chi connectivity index (χ1n) is 22.2. The zero-order chi connectivity index (χ0) is 42.7. The van der Waals surface area contributed by atoms with Crippen LogP contribution < -0.4 is 9.05 Å². The number of rotatable bonds is 11. The fourth-order valence-corrected chi connectivity index (χ4v) is 10.0. The third-order valence-corrected chi connectivity index (χ3v) is 13.3. The van der Waals surface area contributed by atoms with Crippen LogP contribution in [0.5, 0.6) is 11.5 Å². The lowest BCUT2D eigenvalue weighted by atomic mass is 9.78. The van der Waals surface area contributed by atoms with Crippen molar-refractivity contribution >= 4 is 29.4 Å². The van der Waals surface area contributed by atoms with Gasteiger partial charge in [0, 0.05) is 22.3 Å². The van der Waals surface area contributed by atoms with Crippen molar-refractivity contribution in [1.29, 1.82) is 0 Å². The third kappa shape index (κ3) is 8.01. The van der Waals surface area contributed by atoms with Gasteiger partial charge in [-0.3, -0.25) is 4.89 Å². The number of hydrogen-bond acceptors (Lipinski definition) is 3. The molecule has 4 nitrogen and oxygen atoms in total. The largest absolute Gasteiger partial charge is 0.584 e. The van der Waals surface area contributed by atoms with Crippen molar-refractivity contribution < 1.29 is 18.5 Å².